The van der Waals surface area contributed by atoms with Crippen LogP contribution in [0, 0.1) is 11.8 Å². The van der Waals surface area contributed by atoms with Gasteiger partial charge in [0.1, 0.15) is 11.2 Å². The van der Waals surface area contributed by atoms with Gasteiger partial charge in [0.25, 0.3) is 0 Å². The van der Waals surface area contributed by atoms with E-state index in [-0.39, 0.29) is 23.3 Å². The van der Waals surface area contributed by atoms with E-state index in [1.54, 1.807) is 6.07 Å². The van der Waals surface area contributed by atoms with Crippen molar-refractivity contribution in [2.45, 2.75) is 84.0 Å². The van der Waals surface area contributed by atoms with E-state index in [9.17, 15) is 4.79 Å². The lowest BCUT2D eigenvalue weighted by Gasteiger charge is -2.48. The van der Waals surface area contributed by atoms with Gasteiger partial charge in [-0.25, -0.2) is 4.98 Å². The number of hydrogen-bond acceptors (Lipinski definition) is 6. The fourth-order valence-corrected chi connectivity index (χ4v) is 6.88. The summed E-state index contributed by atoms with van der Waals surface area (Å²) in [6, 6.07) is 5.71. The molecule has 37 heavy (non-hydrogen) atoms. The van der Waals surface area contributed by atoms with Crippen LogP contribution in [-0.4, -0.2) is 43.3 Å². The summed E-state index contributed by atoms with van der Waals surface area (Å²) in [6.45, 7) is 18.0. The molecule has 1 aliphatic carbocycles. The van der Waals surface area contributed by atoms with Crippen molar-refractivity contribution in [2.75, 3.05) is 18.0 Å². The Morgan fingerprint density at radius 3 is 2.49 bits per heavy atom. The van der Waals surface area contributed by atoms with E-state index in [0.29, 0.717) is 23.4 Å². The fourth-order valence-electron chi connectivity index (χ4n) is 5.38. The van der Waals surface area contributed by atoms with Gasteiger partial charge < -0.3 is 13.7 Å². The minimum absolute atomic E-state index is 0.0105. The first kappa shape index (κ1) is 26.1. The molecule has 1 aliphatic heterocycles. The van der Waals surface area contributed by atoms with Gasteiger partial charge in [0.05, 0.1) is 12.4 Å². The van der Waals surface area contributed by atoms with Crippen molar-refractivity contribution < 1.29 is 13.6 Å². The number of fused-ring (bicyclic) bond motifs is 1. The number of piperidine rings is 1. The third kappa shape index (κ3) is 5.25. The van der Waals surface area contributed by atoms with Crippen molar-refractivity contribution in [1.29, 1.82) is 0 Å². The number of carbonyl (C=O) groups is 1. The largest absolute Gasteiger partial charge is 0.462 e. The van der Waals surface area contributed by atoms with E-state index >= 15 is 0 Å². The Labute approximate surface area is 222 Å². The maximum atomic E-state index is 13.4. The second kappa shape index (κ2) is 9.66. The van der Waals surface area contributed by atoms with Crippen molar-refractivity contribution in [3.63, 3.8) is 0 Å². The molecular formula is C30H41N3O3Si. The predicted molar refractivity (Wildman–Crippen MR) is 151 cm³/mol. The lowest BCUT2D eigenvalue weighted by Crippen LogP contribution is -2.54. The molecule has 1 saturated carbocycles. The standard InChI is InChI=1S/C30H41N3O3Si/c1-19-16-33(17-20(2)29(19)36-37(6,7)30(3,4)5)25-12-13-31-15-22(25)14-26(34)24-10-11-27-28(32-24)23(18-35-27)21-8-9-21/h10-13,15,18-21,29H,8-9,14,16-17H2,1-7H3/t19-,20+,29?. The number of nitrogens with zero attached hydrogens (tertiary/aromatic N) is 3. The van der Waals surface area contributed by atoms with Crippen molar-refractivity contribution >= 4 is 30.9 Å². The van der Waals surface area contributed by atoms with Gasteiger partial charge in [-0.2, -0.15) is 0 Å². The highest BCUT2D eigenvalue weighted by Crippen LogP contribution is 2.43. The number of ketones is 1. The van der Waals surface area contributed by atoms with Crippen LogP contribution < -0.4 is 4.90 Å². The maximum absolute atomic E-state index is 13.4. The Bertz CT molecular complexity index is 1280. The van der Waals surface area contributed by atoms with Crippen LogP contribution >= 0.6 is 0 Å². The minimum atomic E-state index is -1.86. The lowest BCUT2D eigenvalue weighted by molar-refractivity contribution is 0.0627. The molecule has 5 rings (SSSR count). The SMILES string of the molecule is C[C@@H]1CN(c2ccncc2CC(=O)c2ccc3occ(C4CC4)c3n2)C[C@H](C)C1O[Si](C)(C)C(C)(C)C. The average molecular weight is 520 g/mol. The lowest BCUT2D eigenvalue weighted by atomic mass is 9.87. The second-order valence-electron chi connectivity index (χ2n) is 12.8. The van der Waals surface area contributed by atoms with Gasteiger partial charge in [0.2, 0.25) is 0 Å². The van der Waals surface area contributed by atoms with Crippen LogP contribution in [0.1, 0.15) is 75.0 Å². The van der Waals surface area contributed by atoms with E-state index < -0.39 is 8.32 Å². The number of carbonyl (C=O) groups excluding carboxylic acids is 1. The Kier molecular flexibility index (Phi) is 6.82. The fraction of sp³-hybridized carbons (Fsp3) is 0.567. The second-order valence-corrected chi connectivity index (χ2v) is 17.6. The van der Waals surface area contributed by atoms with E-state index in [4.69, 9.17) is 13.8 Å². The zero-order valence-corrected chi connectivity index (χ0v) is 24.4. The third-order valence-electron chi connectivity index (χ3n) is 8.69. The molecular weight excluding hydrogens is 478 g/mol. The highest BCUT2D eigenvalue weighted by Gasteiger charge is 2.43. The minimum Gasteiger partial charge on any atom is -0.462 e. The number of rotatable bonds is 7. The molecule has 0 amide bonds. The van der Waals surface area contributed by atoms with Crippen LogP contribution in [0.3, 0.4) is 0 Å². The van der Waals surface area contributed by atoms with Gasteiger partial charge in [-0.05, 0) is 66.9 Å². The van der Waals surface area contributed by atoms with Crippen LogP contribution in [0.5, 0.6) is 0 Å². The van der Waals surface area contributed by atoms with E-state index in [1.807, 2.05) is 24.7 Å². The zero-order chi connectivity index (χ0) is 26.5. The number of aromatic nitrogens is 2. The zero-order valence-electron chi connectivity index (χ0n) is 23.4. The first-order chi connectivity index (χ1) is 17.4. The molecule has 0 bridgehead atoms. The highest BCUT2D eigenvalue weighted by atomic mass is 28.4. The Balaban J connectivity index is 1.33. The molecule has 1 saturated heterocycles. The molecule has 0 N–H and O–H groups in total. The normalized spacial score (nSPS) is 23.0. The van der Waals surface area contributed by atoms with Crippen molar-refractivity contribution in [3.8, 4) is 0 Å². The molecule has 4 heterocycles. The van der Waals surface area contributed by atoms with Crippen molar-refractivity contribution in [1.82, 2.24) is 9.97 Å². The topological polar surface area (TPSA) is 68.5 Å². The molecule has 1 unspecified atom stereocenters. The van der Waals surface area contributed by atoms with Crippen LogP contribution in [-0.2, 0) is 10.8 Å². The van der Waals surface area contributed by atoms with E-state index in [2.05, 4.69) is 63.7 Å². The van der Waals surface area contributed by atoms with E-state index in [1.165, 1.54) is 12.8 Å². The summed E-state index contributed by atoms with van der Waals surface area (Å²) in [5.74, 6) is 1.31. The van der Waals surface area contributed by atoms with Crippen molar-refractivity contribution in [3.05, 3.63) is 53.7 Å². The third-order valence-corrected chi connectivity index (χ3v) is 13.2. The van der Waals surface area contributed by atoms with Crippen LogP contribution in [0.15, 0.2) is 41.3 Å². The molecule has 0 aromatic carbocycles. The Morgan fingerprint density at radius 2 is 1.84 bits per heavy atom. The maximum Gasteiger partial charge on any atom is 0.192 e. The summed E-state index contributed by atoms with van der Waals surface area (Å²) in [4.78, 5) is 24.9. The number of anilines is 1. The molecule has 3 aromatic heterocycles. The molecule has 198 valence electrons. The molecule has 3 aromatic rings. The van der Waals surface area contributed by atoms with Crippen LogP contribution in [0.4, 0.5) is 5.69 Å². The van der Waals surface area contributed by atoms with Gasteiger partial charge in [-0.3, -0.25) is 9.78 Å². The summed E-state index contributed by atoms with van der Waals surface area (Å²) in [5.41, 5.74) is 5.27. The smallest absolute Gasteiger partial charge is 0.192 e. The number of pyridine rings is 2. The first-order valence-corrected chi connectivity index (χ1v) is 16.6. The molecule has 2 fully saturated rings. The molecule has 6 nitrogen and oxygen atoms in total. The molecule has 3 atom stereocenters. The average Bonchev–Trinajstić information content (AvgIpc) is 3.59. The Hall–Kier alpha value is -2.51. The quantitative estimate of drug-likeness (QED) is 0.247. The summed E-state index contributed by atoms with van der Waals surface area (Å²) in [5, 5.41) is 0.190. The van der Waals surface area contributed by atoms with Gasteiger partial charge in [0.15, 0.2) is 19.7 Å². The Morgan fingerprint density at radius 1 is 1.14 bits per heavy atom. The molecule has 7 heteroatoms. The molecule has 2 aliphatic rings. The first-order valence-electron chi connectivity index (χ1n) is 13.7. The number of hydrogen-bond donors (Lipinski definition) is 0. The van der Waals surface area contributed by atoms with Gasteiger partial charge in [-0.15, -0.1) is 0 Å². The van der Waals surface area contributed by atoms with E-state index in [0.717, 1.165) is 41.0 Å². The number of furan rings is 1. The van der Waals surface area contributed by atoms with Crippen LogP contribution in [0.2, 0.25) is 18.1 Å². The van der Waals surface area contributed by atoms with Crippen molar-refractivity contribution in [2.24, 2.45) is 11.8 Å². The number of Topliss-reactive ketones (excluding diaryl/α,β-unsaturated/α-hetero) is 1. The van der Waals surface area contributed by atoms with Crippen LogP contribution in [0.25, 0.3) is 11.1 Å². The van der Waals surface area contributed by atoms with Gasteiger partial charge >= 0.3 is 0 Å². The summed E-state index contributed by atoms with van der Waals surface area (Å²) < 4.78 is 12.6. The highest BCUT2D eigenvalue weighted by molar-refractivity contribution is 6.74. The van der Waals surface area contributed by atoms with Gasteiger partial charge in [-0.1, -0.05) is 34.6 Å². The molecule has 0 spiro atoms. The monoisotopic (exact) mass is 519 g/mol. The predicted octanol–water partition coefficient (Wildman–Crippen LogP) is 7.01. The molecule has 0 radical (unpaired) electrons. The summed E-state index contributed by atoms with van der Waals surface area (Å²) in [6.07, 6.45) is 8.34. The summed E-state index contributed by atoms with van der Waals surface area (Å²) in [7, 11) is -1.86. The summed E-state index contributed by atoms with van der Waals surface area (Å²) >= 11 is 0. The van der Waals surface area contributed by atoms with Gasteiger partial charge in [0, 0.05) is 48.7 Å².